The largest absolute Gasteiger partial charge is 0.321 e. The number of nitrogens with zero attached hydrogens (tertiary/aromatic N) is 4. The minimum Gasteiger partial charge on any atom is -0.321 e. The van der Waals surface area contributed by atoms with Gasteiger partial charge in [0, 0.05) is 31.7 Å². The van der Waals surface area contributed by atoms with Crippen LogP contribution in [-0.2, 0) is 18.4 Å². The van der Waals surface area contributed by atoms with Gasteiger partial charge in [-0.1, -0.05) is 24.3 Å². The van der Waals surface area contributed by atoms with Gasteiger partial charge in [0.1, 0.15) is 5.37 Å². The predicted molar refractivity (Wildman–Crippen MR) is 106 cm³/mol. The van der Waals surface area contributed by atoms with Crippen LogP contribution in [0.5, 0.6) is 0 Å². The standard InChI is InChI=1S/C20H20N4O2S/c1-14-18(19(26)24(22(14)2)16-8-4-3-5-9-16)20-23(17(25)13-27-20)12-15-7-6-10-21-11-15/h3-11,20H,12-13H2,1-2H3. The molecule has 138 valence electrons. The molecule has 0 radical (unpaired) electrons. The van der Waals surface area contributed by atoms with Gasteiger partial charge in [-0.15, -0.1) is 11.8 Å². The van der Waals surface area contributed by atoms with E-state index >= 15 is 0 Å². The second kappa shape index (κ2) is 7.08. The maximum Gasteiger partial charge on any atom is 0.277 e. The van der Waals surface area contributed by atoms with Crippen molar-refractivity contribution < 1.29 is 4.79 Å². The monoisotopic (exact) mass is 380 g/mol. The molecule has 0 N–H and O–H groups in total. The summed E-state index contributed by atoms with van der Waals surface area (Å²) in [7, 11) is 1.88. The Morgan fingerprint density at radius 2 is 1.93 bits per heavy atom. The van der Waals surface area contributed by atoms with Crippen LogP contribution in [0.1, 0.15) is 22.2 Å². The molecule has 6 nitrogen and oxygen atoms in total. The number of aromatic nitrogens is 3. The minimum atomic E-state index is -0.290. The molecule has 3 aromatic rings. The summed E-state index contributed by atoms with van der Waals surface area (Å²) in [6.45, 7) is 2.38. The number of carbonyl (C=O) groups excluding carboxylic acids is 1. The normalized spacial score (nSPS) is 16.9. The molecule has 1 aliphatic heterocycles. The molecule has 27 heavy (non-hydrogen) atoms. The fraction of sp³-hybridized carbons (Fsp3) is 0.250. The lowest BCUT2D eigenvalue weighted by Gasteiger charge is -2.23. The highest BCUT2D eigenvalue weighted by molar-refractivity contribution is 8.00. The molecule has 2 aromatic heterocycles. The molecule has 3 heterocycles. The number of benzene rings is 1. The van der Waals surface area contributed by atoms with Gasteiger partial charge in [-0.3, -0.25) is 19.3 Å². The molecule has 1 aliphatic rings. The summed E-state index contributed by atoms with van der Waals surface area (Å²) in [5.41, 5.74) is 3.22. The Kier molecular flexibility index (Phi) is 4.61. The highest BCUT2D eigenvalue weighted by atomic mass is 32.2. The van der Waals surface area contributed by atoms with E-state index in [2.05, 4.69) is 4.98 Å². The van der Waals surface area contributed by atoms with E-state index in [1.165, 1.54) is 11.8 Å². The van der Waals surface area contributed by atoms with Crippen molar-refractivity contribution in [2.45, 2.75) is 18.8 Å². The third-order valence-corrected chi connectivity index (χ3v) is 6.11. The number of hydrogen-bond donors (Lipinski definition) is 0. The summed E-state index contributed by atoms with van der Waals surface area (Å²) in [5.74, 6) is 0.423. The zero-order chi connectivity index (χ0) is 19.0. The van der Waals surface area contributed by atoms with Crippen LogP contribution in [0, 0.1) is 6.92 Å². The molecule has 0 spiro atoms. The van der Waals surface area contributed by atoms with Gasteiger partial charge < -0.3 is 4.90 Å². The van der Waals surface area contributed by atoms with Crippen molar-refractivity contribution in [3.8, 4) is 5.69 Å². The maximum absolute atomic E-state index is 13.3. The van der Waals surface area contributed by atoms with E-state index in [1.54, 1.807) is 22.0 Å². The second-order valence-electron chi connectivity index (χ2n) is 6.52. The van der Waals surface area contributed by atoms with Crippen molar-refractivity contribution >= 4 is 17.7 Å². The maximum atomic E-state index is 13.3. The number of para-hydroxylation sites is 1. The molecule has 4 rings (SSSR count). The van der Waals surface area contributed by atoms with Gasteiger partial charge in [0.05, 0.1) is 17.0 Å². The molecule has 1 aromatic carbocycles. The summed E-state index contributed by atoms with van der Waals surface area (Å²) in [4.78, 5) is 31.7. The summed E-state index contributed by atoms with van der Waals surface area (Å²) < 4.78 is 3.52. The van der Waals surface area contributed by atoms with Crippen molar-refractivity contribution in [1.29, 1.82) is 0 Å². The summed E-state index contributed by atoms with van der Waals surface area (Å²) in [6, 6.07) is 13.4. The van der Waals surface area contributed by atoms with Crippen molar-refractivity contribution in [2.75, 3.05) is 5.75 Å². The topological polar surface area (TPSA) is 60.1 Å². The Morgan fingerprint density at radius 3 is 2.63 bits per heavy atom. The Morgan fingerprint density at radius 1 is 1.15 bits per heavy atom. The Balaban J connectivity index is 1.76. The van der Waals surface area contributed by atoms with E-state index in [9.17, 15) is 9.59 Å². The smallest absolute Gasteiger partial charge is 0.277 e. The Labute approximate surface area is 161 Å². The van der Waals surface area contributed by atoms with Gasteiger partial charge in [-0.2, -0.15) is 0 Å². The first-order valence-corrected chi connectivity index (χ1v) is 9.76. The van der Waals surface area contributed by atoms with Crippen LogP contribution in [0.25, 0.3) is 5.69 Å². The fourth-order valence-corrected chi connectivity index (χ4v) is 4.70. The van der Waals surface area contributed by atoms with Gasteiger partial charge in [0.25, 0.3) is 5.56 Å². The zero-order valence-electron chi connectivity index (χ0n) is 15.2. The summed E-state index contributed by atoms with van der Waals surface area (Å²) in [5, 5.41) is -0.290. The van der Waals surface area contributed by atoms with Crippen molar-refractivity contribution in [2.24, 2.45) is 7.05 Å². The van der Waals surface area contributed by atoms with Gasteiger partial charge in [0.15, 0.2) is 0 Å². The fourth-order valence-electron chi connectivity index (χ4n) is 3.43. The molecule has 1 unspecified atom stereocenters. The lowest BCUT2D eigenvalue weighted by molar-refractivity contribution is -0.128. The van der Waals surface area contributed by atoms with Gasteiger partial charge in [-0.25, -0.2) is 4.68 Å². The van der Waals surface area contributed by atoms with E-state index < -0.39 is 0 Å². The van der Waals surface area contributed by atoms with E-state index in [4.69, 9.17) is 0 Å². The first kappa shape index (κ1) is 17.6. The summed E-state index contributed by atoms with van der Waals surface area (Å²) in [6.07, 6.45) is 3.47. The van der Waals surface area contributed by atoms with E-state index in [0.717, 1.165) is 16.9 Å². The van der Waals surface area contributed by atoms with Crippen molar-refractivity contribution in [3.63, 3.8) is 0 Å². The lowest BCUT2D eigenvalue weighted by atomic mass is 10.2. The number of rotatable bonds is 4. The minimum absolute atomic E-state index is 0.0442. The quantitative estimate of drug-likeness (QED) is 0.698. The highest BCUT2D eigenvalue weighted by Crippen LogP contribution is 2.39. The van der Waals surface area contributed by atoms with Crippen LogP contribution in [0.2, 0.25) is 0 Å². The number of thioether (sulfide) groups is 1. The molecule has 0 aliphatic carbocycles. The number of pyridine rings is 1. The van der Waals surface area contributed by atoms with Crippen molar-refractivity contribution in [3.05, 3.63) is 82.0 Å². The molecule has 7 heteroatoms. The average Bonchev–Trinajstić information content (AvgIpc) is 3.14. The number of hydrogen-bond acceptors (Lipinski definition) is 4. The first-order valence-electron chi connectivity index (χ1n) is 8.72. The molecular weight excluding hydrogens is 360 g/mol. The third kappa shape index (κ3) is 3.08. The van der Waals surface area contributed by atoms with Crippen LogP contribution in [0.3, 0.4) is 0 Å². The Bertz CT molecular complexity index is 1030. The molecule has 0 saturated carbocycles. The van der Waals surface area contributed by atoms with Crippen LogP contribution < -0.4 is 5.56 Å². The number of carbonyl (C=O) groups is 1. The molecule has 1 fully saturated rings. The van der Waals surface area contributed by atoms with Gasteiger partial charge in [0.2, 0.25) is 5.91 Å². The van der Waals surface area contributed by atoms with E-state index in [0.29, 0.717) is 17.9 Å². The van der Waals surface area contributed by atoms with E-state index in [-0.39, 0.29) is 16.8 Å². The number of amides is 1. The van der Waals surface area contributed by atoms with Crippen LogP contribution >= 0.6 is 11.8 Å². The van der Waals surface area contributed by atoms with Crippen molar-refractivity contribution in [1.82, 2.24) is 19.2 Å². The molecule has 1 atom stereocenters. The van der Waals surface area contributed by atoms with Crippen LogP contribution in [-0.4, -0.2) is 30.9 Å². The van der Waals surface area contributed by atoms with Crippen LogP contribution in [0.4, 0.5) is 0 Å². The average molecular weight is 380 g/mol. The summed E-state index contributed by atoms with van der Waals surface area (Å²) >= 11 is 1.51. The third-order valence-electron chi connectivity index (χ3n) is 4.89. The van der Waals surface area contributed by atoms with E-state index in [1.807, 2.05) is 61.1 Å². The molecule has 1 amide bonds. The molecular formula is C20H20N4O2S. The second-order valence-corrected chi connectivity index (χ2v) is 7.59. The molecule has 1 saturated heterocycles. The SMILES string of the molecule is Cc1c(C2SCC(=O)N2Cc2cccnc2)c(=O)n(-c2ccccc2)n1C. The lowest BCUT2D eigenvalue weighted by Crippen LogP contribution is -2.31. The molecule has 0 bridgehead atoms. The van der Waals surface area contributed by atoms with Gasteiger partial charge >= 0.3 is 0 Å². The van der Waals surface area contributed by atoms with Gasteiger partial charge in [-0.05, 0) is 30.7 Å². The predicted octanol–water partition coefficient (Wildman–Crippen LogP) is 2.65. The Hall–Kier alpha value is -2.80. The van der Waals surface area contributed by atoms with Crippen LogP contribution in [0.15, 0.2) is 59.7 Å². The first-order chi connectivity index (χ1) is 13.1. The zero-order valence-corrected chi connectivity index (χ0v) is 16.0. The highest BCUT2D eigenvalue weighted by Gasteiger charge is 2.37.